The fourth-order valence-corrected chi connectivity index (χ4v) is 2.91. The lowest BCUT2D eigenvalue weighted by Gasteiger charge is -2.08. The van der Waals surface area contributed by atoms with E-state index in [2.05, 4.69) is 4.84 Å². The van der Waals surface area contributed by atoms with Gasteiger partial charge in [0.2, 0.25) is 10.0 Å². The van der Waals surface area contributed by atoms with Gasteiger partial charge >= 0.3 is 5.97 Å². The van der Waals surface area contributed by atoms with Crippen LogP contribution in [0.2, 0.25) is 5.02 Å². The van der Waals surface area contributed by atoms with Gasteiger partial charge in [-0.25, -0.2) is 18.4 Å². The van der Waals surface area contributed by atoms with Gasteiger partial charge < -0.3 is 9.57 Å². The van der Waals surface area contributed by atoms with Crippen LogP contribution < -0.4 is 9.88 Å². The first-order chi connectivity index (χ1) is 11.7. The van der Waals surface area contributed by atoms with Crippen molar-refractivity contribution in [3.8, 4) is 5.75 Å². The number of nitrogens with zero attached hydrogens (tertiary/aromatic N) is 1. The Labute approximate surface area is 147 Å². The zero-order chi connectivity index (χ0) is 18.6. The van der Waals surface area contributed by atoms with E-state index in [1.54, 1.807) is 6.07 Å². The van der Waals surface area contributed by atoms with Crippen LogP contribution in [0.15, 0.2) is 47.4 Å². The van der Waals surface area contributed by atoms with E-state index in [-0.39, 0.29) is 22.9 Å². The Hall–Kier alpha value is -2.69. The lowest BCUT2D eigenvalue weighted by atomic mass is 10.2. The molecule has 132 valence electrons. The number of sulfonamides is 1. The van der Waals surface area contributed by atoms with Gasteiger partial charge in [-0.15, -0.1) is 10.1 Å². The summed E-state index contributed by atoms with van der Waals surface area (Å²) in [4.78, 5) is 26.1. The molecule has 0 unspecified atom stereocenters. The van der Waals surface area contributed by atoms with Crippen molar-refractivity contribution >= 4 is 27.6 Å². The number of hydrogen-bond acceptors (Lipinski definition) is 7. The molecule has 0 heterocycles. The highest BCUT2D eigenvalue weighted by Gasteiger charge is 2.17. The van der Waals surface area contributed by atoms with Gasteiger partial charge in [-0.1, -0.05) is 23.7 Å². The number of carbonyl (C=O) groups excluding carboxylic acids is 1. The standard InChI is InChI=1S/C14H11ClN2O7S/c15-12-5-4-10(7-13(12)25(16,21)22)14(18)24-11-3-1-2-9(6-11)8-23-17(19)20/h1-7H,8H2,(H2,16,21,22). The predicted molar refractivity (Wildman–Crippen MR) is 86.0 cm³/mol. The number of benzene rings is 2. The normalized spacial score (nSPS) is 11.0. The fourth-order valence-electron chi connectivity index (χ4n) is 1.84. The van der Waals surface area contributed by atoms with Crippen molar-refractivity contribution in [2.45, 2.75) is 11.5 Å². The number of esters is 1. The molecule has 0 aliphatic carbocycles. The van der Waals surface area contributed by atoms with Gasteiger partial charge in [0, 0.05) is 0 Å². The summed E-state index contributed by atoms with van der Waals surface area (Å²) < 4.78 is 28.0. The number of halogens is 1. The number of rotatable bonds is 6. The molecule has 0 atom stereocenters. The molecule has 0 spiro atoms. The summed E-state index contributed by atoms with van der Waals surface area (Å²) in [5.74, 6) is -0.754. The predicted octanol–water partition coefficient (Wildman–Crippen LogP) is 1.91. The smallest absolute Gasteiger partial charge is 0.343 e. The van der Waals surface area contributed by atoms with E-state index in [0.29, 0.717) is 5.56 Å². The molecule has 0 radical (unpaired) electrons. The van der Waals surface area contributed by atoms with E-state index in [9.17, 15) is 23.3 Å². The lowest BCUT2D eigenvalue weighted by Crippen LogP contribution is -2.15. The maximum atomic E-state index is 12.1. The largest absolute Gasteiger partial charge is 0.423 e. The summed E-state index contributed by atoms with van der Waals surface area (Å²) >= 11 is 5.75. The first-order valence-electron chi connectivity index (χ1n) is 6.57. The van der Waals surface area contributed by atoms with Crippen molar-refractivity contribution < 1.29 is 27.9 Å². The number of carbonyl (C=O) groups is 1. The number of primary sulfonamides is 1. The van der Waals surface area contributed by atoms with Crippen LogP contribution in [0.25, 0.3) is 0 Å². The molecule has 0 aliphatic rings. The Bertz CT molecular complexity index is 931. The highest BCUT2D eigenvalue weighted by Crippen LogP contribution is 2.23. The molecule has 2 N–H and O–H groups in total. The first-order valence-corrected chi connectivity index (χ1v) is 8.50. The van der Waals surface area contributed by atoms with Crippen LogP contribution in [0.1, 0.15) is 15.9 Å². The van der Waals surface area contributed by atoms with Gasteiger partial charge in [-0.2, -0.15) is 0 Å². The second-order valence-electron chi connectivity index (χ2n) is 4.72. The summed E-state index contributed by atoms with van der Waals surface area (Å²) in [6.07, 6.45) is 0. The van der Waals surface area contributed by atoms with Crippen LogP contribution >= 0.6 is 11.6 Å². The minimum absolute atomic E-state index is 0.0830. The first kappa shape index (κ1) is 18.6. The summed E-state index contributed by atoms with van der Waals surface area (Å²) in [6.45, 7) is -0.311. The van der Waals surface area contributed by atoms with Crippen LogP contribution in [0.3, 0.4) is 0 Å². The van der Waals surface area contributed by atoms with Gasteiger partial charge in [0.25, 0.3) is 5.09 Å². The van der Waals surface area contributed by atoms with Gasteiger partial charge in [-0.05, 0) is 35.9 Å². The molecular formula is C14H11ClN2O7S. The van der Waals surface area contributed by atoms with Crippen LogP contribution in [-0.2, 0) is 21.5 Å². The van der Waals surface area contributed by atoms with E-state index in [0.717, 1.165) is 6.07 Å². The molecule has 0 saturated carbocycles. The molecule has 25 heavy (non-hydrogen) atoms. The summed E-state index contributed by atoms with van der Waals surface area (Å²) in [5.41, 5.74) is 0.323. The third kappa shape index (κ3) is 5.14. The van der Waals surface area contributed by atoms with E-state index in [4.69, 9.17) is 21.5 Å². The Morgan fingerprint density at radius 1 is 1.24 bits per heavy atom. The highest BCUT2D eigenvalue weighted by molar-refractivity contribution is 7.89. The van der Waals surface area contributed by atoms with E-state index >= 15 is 0 Å². The molecule has 0 bridgehead atoms. The minimum atomic E-state index is -4.10. The monoisotopic (exact) mass is 386 g/mol. The van der Waals surface area contributed by atoms with Gasteiger partial charge in [-0.3, -0.25) is 0 Å². The van der Waals surface area contributed by atoms with Crippen molar-refractivity contribution in [1.29, 1.82) is 0 Å². The van der Waals surface area contributed by atoms with Crippen LogP contribution in [-0.4, -0.2) is 19.5 Å². The quantitative estimate of drug-likeness (QED) is 0.346. The molecule has 0 amide bonds. The third-order valence-electron chi connectivity index (χ3n) is 2.92. The summed E-state index contributed by atoms with van der Waals surface area (Å²) in [7, 11) is -4.10. The summed E-state index contributed by atoms with van der Waals surface area (Å²) in [5, 5.41) is 14.1. The number of nitrogens with two attached hydrogens (primary N) is 1. The molecule has 0 aromatic heterocycles. The lowest BCUT2D eigenvalue weighted by molar-refractivity contribution is -0.763. The van der Waals surface area contributed by atoms with Gasteiger partial charge in [0.15, 0.2) is 0 Å². The van der Waals surface area contributed by atoms with E-state index in [1.165, 1.54) is 30.3 Å². The van der Waals surface area contributed by atoms with Crippen molar-refractivity contribution in [1.82, 2.24) is 0 Å². The van der Waals surface area contributed by atoms with Crippen molar-refractivity contribution in [3.63, 3.8) is 0 Å². The Morgan fingerprint density at radius 3 is 2.60 bits per heavy atom. The maximum Gasteiger partial charge on any atom is 0.343 e. The van der Waals surface area contributed by atoms with Crippen molar-refractivity contribution in [3.05, 3.63) is 68.7 Å². The van der Waals surface area contributed by atoms with Gasteiger partial charge in [0.1, 0.15) is 17.3 Å². The van der Waals surface area contributed by atoms with Crippen molar-refractivity contribution in [2.75, 3.05) is 0 Å². The average Bonchev–Trinajstić information content (AvgIpc) is 2.52. The van der Waals surface area contributed by atoms with Crippen LogP contribution in [0.5, 0.6) is 5.75 Å². The molecule has 0 fully saturated rings. The van der Waals surface area contributed by atoms with Crippen LogP contribution in [0, 0.1) is 10.1 Å². The molecule has 9 nitrogen and oxygen atoms in total. The fraction of sp³-hybridized carbons (Fsp3) is 0.0714. The molecule has 0 aliphatic heterocycles. The van der Waals surface area contributed by atoms with Crippen LogP contribution in [0.4, 0.5) is 0 Å². The van der Waals surface area contributed by atoms with E-state index < -0.39 is 26.0 Å². The van der Waals surface area contributed by atoms with Gasteiger partial charge in [0.05, 0.1) is 10.6 Å². The Kier molecular flexibility index (Phi) is 5.57. The number of ether oxygens (including phenoxy) is 1. The molecule has 11 heteroatoms. The zero-order valence-corrected chi connectivity index (χ0v) is 14.0. The zero-order valence-electron chi connectivity index (χ0n) is 12.4. The minimum Gasteiger partial charge on any atom is -0.423 e. The van der Waals surface area contributed by atoms with Crippen molar-refractivity contribution in [2.24, 2.45) is 5.14 Å². The summed E-state index contributed by atoms with van der Waals surface area (Å²) in [6, 6.07) is 9.36. The molecule has 2 rings (SSSR count). The maximum absolute atomic E-state index is 12.1. The average molecular weight is 387 g/mol. The molecule has 2 aromatic carbocycles. The third-order valence-corrected chi connectivity index (χ3v) is 4.31. The highest BCUT2D eigenvalue weighted by atomic mass is 35.5. The second kappa shape index (κ2) is 7.47. The van der Waals surface area contributed by atoms with E-state index in [1.807, 2.05) is 0 Å². The number of hydrogen-bond donors (Lipinski definition) is 1. The Balaban J connectivity index is 2.20. The molecular weight excluding hydrogens is 376 g/mol. The SMILES string of the molecule is NS(=O)(=O)c1cc(C(=O)Oc2cccc(CO[N+](=O)[O-])c2)ccc1Cl. The molecule has 0 saturated heterocycles. The second-order valence-corrected chi connectivity index (χ2v) is 6.66. The Morgan fingerprint density at radius 2 is 1.96 bits per heavy atom. The topological polar surface area (TPSA) is 139 Å². The molecule has 2 aromatic rings.